The Morgan fingerprint density at radius 1 is 0.881 bits per heavy atom. The lowest BCUT2D eigenvalue weighted by Crippen LogP contribution is -2.54. The Bertz CT molecular complexity index is 1430. The van der Waals surface area contributed by atoms with Crippen molar-refractivity contribution in [3.05, 3.63) is 95.9 Å². The molecule has 2 saturated heterocycles. The standard InChI is InChI=1S/C35H41N3O4/c1-33(2,3)21-30-37-38-32(42-30)36-29-15-11-27(12-16-29)26-9-13-28(14-10-26)34-17-19-35(20-18-34,41-24-34)22-31(39)40-23-25-7-5-4-6-8-25/h4-16,31,39H,17-24H2,1-3H3,(H,36,38). The van der Waals surface area contributed by atoms with Crippen LogP contribution < -0.4 is 5.32 Å². The number of aliphatic hydroxyl groups is 1. The van der Waals surface area contributed by atoms with Crippen molar-refractivity contribution in [2.75, 3.05) is 11.9 Å². The highest BCUT2D eigenvalue weighted by Gasteiger charge is 2.51. The Hall–Kier alpha value is -3.52. The van der Waals surface area contributed by atoms with Crippen molar-refractivity contribution in [1.82, 2.24) is 10.2 Å². The van der Waals surface area contributed by atoms with Crippen LogP contribution in [0.4, 0.5) is 11.7 Å². The summed E-state index contributed by atoms with van der Waals surface area (Å²) in [6.07, 6.45) is 4.42. The van der Waals surface area contributed by atoms with E-state index in [1.165, 1.54) is 11.1 Å². The van der Waals surface area contributed by atoms with E-state index in [2.05, 4.69) is 72.7 Å². The normalized spacial score (nSPS) is 22.7. The number of benzene rings is 3. The molecule has 3 fully saturated rings. The molecule has 2 bridgehead atoms. The molecule has 42 heavy (non-hydrogen) atoms. The predicted molar refractivity (Wildman–Crippen MR) is 163 cm³/mol. The number of hydrogen-bond acceptors (Lipinski definition) is 7. The van der Waals surface area contributed by atoms with Crippen LogP contribution in [0, 0.1) is 5.41 Å². The number of ether oxygens (including phenoxy) is 2. The van der Waals surface area contributed by atoms with Crippen molar-refractivity contribution in [2.24, 2.45) is 5.41 Å². The number of aliphatic hydroxyl groups excluding tert-OH is 1. The van der Waals surface area contributed by atoms with Gasteiger partial charge in [0, 0.05) is 23.9 Å². The van der Waals surface area contributed by atoms with Gasteiger partial charge in [-0.1, -0.05) is 92.6 Å². The maximum absolute atomic E-state index is 10.6. The summed E-state index contributed by atoms with van der Waals surface area (Å²) in [6.45, 7) is 7.54. The number of fused-ring (bicyclic) bond motifs is 3. The van der Waals surface area contributed by atoms with Gasteiger partial charge in [0.25, 0.3) is 0 Å². The van der Waals surface area contributed by atoms with E-state index in [1.54, 1.807) is 0 Å². The van der Waals surface area contributed by atoms with Crippen LogP contribution in [0.15, 0.2) is 83.3 Å². The summed E-state index contributed by atoms with van der Waals surface area (Å²) in [4.78, 5) is 0. The van der Waals surface area contributed by atoms with Gasteiger partial charge in [0.2, 0.25) is 5.89 Å². The molecule has 0 spiro atoms. The topological polar surface area (TPSA) is 89.6 Å². The maximum Gasteiger partial charge on any atom is 0.320 e. The van der Waals surface area contributed by atoms with E-state index in [0.717, 1.165) is 48.9 Å². The summed E-state index contributed by atoms with van der Waals surface area (Å²) in [5, 5.41) is 22.1. The number of aromatic nitrogens is 2. The van der Waals surface area contributed by atoms with Gasteiger partial charge in [-0.3, -0.25) is 0 Å². The SMILES string of the molecule is CC(C)(C)Cc1nnc(Nc2ccc(-c3ccc(C45CCC(CC(O)OCc6ccccc6)(CC4)OC5)cc3)cc2)o1. The second-order valence-electron chi connectivity index (χ2n) is 13.2. The molecule has 4 aromatic rings. The van der Waals surface area contributed by atoms with Gasteiger partial charge in [0.05, 0.1) is 18.8 Å². The molecule has 2 aliphatic heterocycles. The number of hydrogen-bond donors (Lipinski definition) is 2. The largest absolute Gasteiger partial charge is 0.408 e. The predicted octanol–water partition coefficient (Wildman–Crippen LogP) is 7.57. The highest BCUT2D eigenvalue weighted by molar-refractivity contribution is 5.67. The quantitative estimate of drug-likeness (QED) is 0.191. The molecule has 3 aliphatic rings. The third-order valence-corrected chi connectivity index (χ3v) is 8.72. The molecule has 0 amide bonds. The second kappa shape index (κ2) is 11.6. The van der Waals surface area contributed by atoms with Crippen LogP contribution in [0.3, 0.4) is 0 Å². The molecular weight excluding hydrogens is 526 g/mol. The van der Waals surface area contributed by atoms with Crippen LogP contribution in [0.5, 0.6) is 0 Å². The van der Waals surface area contributed by atoms with Crippen LogP contribution in [-0.4, -0.2) is 33.8 Å². The van der Waals surface area contributed by atoms with Gasteiger partial charge in [0.1, 0.15) is 0 Å². The van der Waals surface area contributed by atoms with E-state index in [9.17, 15) is 5.11 Å². The van der Waals surface area contributed by atoms with E-state index in [4.69, 9.17) is 13.9 Å². The van der Waals surface area contributed by atoms with E-state index >= 15 is 0 Å². The van der Waals surface area contributed by atoms with Gasteiger partial charge in [-0.25, -0.2) is 0 Å². The molecule has 1 unspecified atom stereocenters. The molecule has 3 heterocycles. The van der Waals surface area contributed by atoms with Crippen molar-refractivity contribution in [1.29, 1.82) is 0 Å². The van der Waals surface area contributed by atoms with Crippen LogP contribution in [0.2, 0.25) is 0 Å². The number of nitrogens with zero attached hydrogens (tertiary/aromatic N) is 2. The molecular formula is C35H41N3O4. The lowest BCUT2D eigenvalue weighted by molar-refractivity contribution is -0.208. The first-order valence-corrected chi connectivity index (χ1v) is 15.0. The smallest absolute Gasteiger partial charge is 0.320 e. The molecule has 1 aromatic heterocycles. The van der Waals surface area contributed by atoms with Crippen LogP contribution >= 0.6 is 0 Å². The van der Waals surface area contributed by atoms with Gasteiger partial charge < -0.3 is 24.3 Å². The molecule has 1 atom stereocenters. The monoisotopic (exact) mass is 567 g/mol. The maximum atomic E-state index is 10.6. The fourth-order valence-corrected chi connectivity index (χ4v) is 6.26. The van der Waals surface area contributed by atoms with Crippen molar-refractivity contribution < 1.29 is 19.0 Å². The summed E-state index contributed by atoms with van der Waals surface area (Å²) in [6, 6.07) is 27.6. The minimum Gasteiger partial charge on any atom is -0.408 e. The summed E-state index contributed by atoms with van der Waals surface area (Å²) < 4.78 is 18.0. The summed E-state index contributed by atoms with van der Waals surface area (Å²) in [5.74, 6) is 0.638. The van der Waals surface area contributed by atoms with Crippen molar-refractivity contribution >= 4 is 11.7 Å². The third kappa shape index (κ3) is 6.59. The third-order valence-electron chi connectivity index (χ3n) is 8.72. The molecule has 1 aliphatic carbocycles. The molecule has 7 nitrogen and oxygen atoms in total. The molecule has 7 heteroatoms. The second-order valence-corrected chi connectivity index (χ2v) is 13.2. The first-order chi connectivity index (χ1) is 20.2. The number of nitrogens with one attached hydrogen (secondary N) is 1. The average Bonchev–Trinajstić information content (AvgIpc) is 3.43. The average molecular weight is 568 g/mol. The number of rotatable bonds is 10. The fourth-order valence-electron chi connectivity index (χ4n) is 6.26. The summed E-state index contributed by atoms with van der Waals surface area (Å²) >= 11 is 0. The van der Waals surface area contributed by atoms with E-state index in [1.807, 2.05) is 42.5 Å². The Labute approximate surface area is 248 Å². The first kappa shape index (κ1) is 28.6. The van der Waals surface area contributed by atoms with E-state index in [-0.39, 0.29) is 16.4 Å². The Balaban J connectivity index is 1.03. The highest BCUT2D eigenvalue weighted by atomic mass is 16.6. The van der Waals surface area contributed by atoms with Crippen molar-refractivity contribution in [2.45, 2.75) is 83.2 Å². The lowest BCUT2D eigenvalue weighted by Gasteiger charge is -2.54. The molecule has 2 N–H and O–H groups in total. The van der Waals surface area contributed by atoms with Crippen LogP contribution in [0.25, 0.3) is 11.1 Å². The van der Waals surface area contributed by atoms with Gasteiger partial charge in [-0.05, 0) is 65.5 Å². The van der Waals surface area contributed by atoms with Crippen molar-refractivity contribution in [3.63, 3.8) is 0 Å². The fraction of sp³-hybridized carbons (Fsp3) is 0.429. The number of anilines is 2. The lowest BCUT2D eigenvalue weighted by atomic mass is 9.62. The minimum absolute atomic E-state index is 0.0415. The van der Waals surface area contributed by atoms with Crippen LogP contribution in [-0.2, 0) is 27.9 Å². The Morgan fingerprint density at radius 3 is 2.17 bits per heavy atom. The summed E-state index contributed by atoms with van der Waals surface area (Å²) in [5.41, 5.74) is 5.47. The van der Waals surface area contributed by atoms with Crippen LogP contribution in [0.1, 0.15) is 69.9 Å². The van der Waals surface area contributed by atoms with Gasteiger partial charge in [-0.2, -0.15) is 0 Å². The summed E-state index contributed by atoms with van der Waals surface area (Å²) in [7, 11) is 0. The zero-order valence-electron chi connectivity index (χ0n) is 24.8. The first-order valence-electron chi connectivity index (χ1n) is 15.0. The van der Waals surface area contributed by atoms with Gasteiger partial charge in [0.15, 0.2) is 6.29 Å². The minimum atomic E-state index is -0.824. The molecule has 7 rings (SSSR count). The highest BCUT2D eigenvalue weighted by Crippen LogP contribution is 2.52. The van der Waals surface area contributed by atoms with E-state index < -0.39 is 6.29 Å². The van der Waals surface area contributed by atoms with Crippen molar-refractivity contribution in [3.8, 4) is 11.1 Å². The van der Waals surface area contributed by atoms with Gasteiger partial charge >= 0.3 is 6.01 Å². The zero-order valence-corrected chi connectivity index (χ0v) is 24.8. The Morgan fingerprint density at radius 2 is 1.55 bits per heavy atom. The van der Waals surface area contributed by atoms with Gasteiger partial charge in [-0.15, -0.1) is 5.10 Å². The molecule has 1 saturated carbocycles. The zero-order chi connectivity index (χ0) is 29.2. The molecule has 220 valence electrons. The van der Waals surface area contributed by atoms with E-state index in [0.29, 0.717) is 31.5 Å². The Kier molecular flexibility index (Phi) is 7.92. The molecule has 0 radical (unpaired) electrons. The molecule has 3 aromatic carbocycles.